The molecule has 1 aliphatic heterocycles. The van der Waals surface area contributed by atoms with Gasteiger partial charge in [-0.1, -0.05) is 0 Å². The lowest BCUT2D eigenvalue weighted by atomic mass is 10.0. The third-order valence-corrected chi connectivity index (χ3v) is 2.50. The normalized spacial score (nSPS) is 26.4. The van der Waals surface area contributed by atoms with Crippen molar-refractivity contribution in [2.75, 3.05) is 12.0 Å². The topological polar surface area (TPSA) is 73.1 Å². The highest BCUT2D eigenvalue weighted by Crippen LogP contribution is 2.33. The fraction of sp³-hybridized carbons (Fsp3) is 0.556. The number of nitrogen functional groups attached to an aromatic ring is 1. The van der Waals surface area contributed by atoms with Gasteiger partial charge in [0.05, 0.1) is 0 Å². The van der Waals surface area contributed by atoms with Crippen molar-refractivity contribution < 1.29 is 4.74 Å². The molecular formula is C9H14N4O. The number of nitrogens with two attached hydrogens (primary N) is 1. The summed E-state index contributed by atoms with van der Waals surface area (Å²) in [6, 6.07) is 1.72. The zero-order valence-electron chi connectivity index (χ0n) is 8.16. The minimum atomic E-state index is -0.340. The van der Waals surface area contributed by atoms with E-state index in [0.29, 0.717) is 11.6 Å². The number of ether oxygens (including phenoxy) is 1. The van der Waals surface area contributed by atoms with Gasteiger partial charge >= 0.3 is 0 Å². The lowest BCUT2D eigenvalue weighted by Gasteiger charge is -2.21. The number of rotatable bonds is 2. The Bertz CT molecular complexity index is 322. The summed E-state index contributed by atoms with van der Waals surface area (Å²) in [5.74, 6) is 6.60. The number of nitrogens with zero attached hydrogens (tertiary/aromatic N) is 2. The molecule has 0 spiro atoms. The molecule has 5 nitrogen and oxygen atoms in total. The molecule has 0 saturated carbocycles. The summed E-state index contributed by atoms with van der Waals surface area (Å²) in [6.45, 7) is 2.79. The first-order valence-electron chi connectivity index (χ1n) is 4.69. The smallest absolute Gasteiger partial charge is 0.162 e. The van der Waals surface area contributed by atoms with Crippen LogP contribution in [-0.4, -0.2) is 16.6 Å². The molecule has 1 fully saturated rings. The summed E-state index contributed by atoms with van der Waals surface area (Å²) in [5, 5.41) is 0. The van der Waals surface area contributed by atoms with Gasteiger partial charge in [0.15, 0.2) is 5.82 Å². The highest BCUT2D eigenvalue weighted by Gasteiger charge is 2.34. The number of hydrazine groups is 1. The first-order valence-corrected chi connectivity index (χ1v) is 4.69. The van der Waals surface area contributed by atoms with Gasteiger partial charge in [0.2, 0.25) is 0 Å². The Morgan fingerprint density at radius 1 is 1.64 bits per heavy atom. The Morgan fingerprint density at radius 3 is 3.14 bits per heavy atom. The van der Waals surface area contributed by atoms with Crippen LogP contribution >= 0.6 is 0 Å². The van der Waals surface area contributed by atoms with Crippen LogP contribution in [0.5, 0.6) is 0 Å². The third kappa shape index (κ3) is 1.56. The van der Waals surface area contributed by atoms with Crippen LogP contribution in [0.3, 0.4) is 0 Å². The highest BCUT2D eigenvalue weighted by molar-refractivity contribution is 5.31. The van der Waals surface area contributed by atoms with Gasteiger partial charge in [-0.15, -0.1) is 0 Å². The Morgan fingerprint density at radius 2 is 2.50 bits per heavy atom. The van der Waals surface area contributed by atoms with E-state index in [1.165, 1.54) is 0 Å². The van der Waals surface area contributed by atoms with Crippen molar-refractivity contribution in [2.45, 2.75) is 25.4 Å². The number of nitrogens with one attached hydrogen (secondary N) is 1. The first kappa shape index (κ1) is 9.36. The molecule has 0 aliphatic carbocycles. The van der Waals surface area contributed by atoms with Crippen molar-refractivity contribution in [1.82, 2.24) is 9.97 Å². The van der Waals surface area contributed by atoms with Crippen molar-refractivity contribution >= 4 is 5.82 Å². The zero-order chi connectivity index (χ0) is 10.0. The number of hydrogen-bond donors (Lipinski definition) is 2. The van der Waals surface area contributed by atoms with Crippen LogP contribution < -0.4 is 11.3 Å². The molecule has 1 aromatic rings. The van der Waals surface area contributed by atoms with Gasteiger partial charge in [-0.3, -0.25) is 0 Å². The van der Waals surface area contributed by atoms with E-state index < -0.39 is 0 Å². The Hall–Kier alpha value is -1.20. The highest BCUT2D eigenvalue weighted by atomic mass is 16.5. The fourth-order valence-corrected chi connectivity index (χ4v) is 1.65. The molecule has 1 aliphatic rings. The molecule has 1 unspecified atom stereocenters. The van der Waals surface area contributed by atoms with E-state index in [9.17, 15) is 0 Å². The maximum absolute atomic E-state index is 5.63. The summed E-state index contributed by atoms with van der Waals surface area (Å²) < 4.78 is 5.63. The van der Waals surface area contributed by atoms with Crippen molar-refractivity contribution in [3.8, 4) is 0 Å². The largest absolute Gasteiger partial charge is 0.367 e. The molecule has 1 saturated heterocycles. The average Bonchev–Trinajstić information content (AvgIpc) is 2.67. The maximum Gasteiger partial charge on any atom is 0.162 e. The minimum absolute atomic E-state index is 0.340. The molecule has 0 aromatic carbocycles. The van der Waals surface area contributed by atoms with Crippen LogP contribution in [0.1, 0.15) is 25.6 Å². The standard InChI is InChI=1S/C9H14N4O/c1-9(4-2-6-14-9)8-11-5-3-7(12-8)13-10/h3,5H,2,4,6,10H2,1H3,(H,11,12,13). The van der Waals surface area contributed by atoms with E-state index in [-0.39, 0.29) is 5.60 Å². The lowest BCUT2D eigenvalue weighted by Crippen LogP contribution is -2.24. The average molecular weight is 194 g/mol. The Labute approximate surface area is 82.7 Å². The van der Waals surface area contributed by atoms with E-state index in [1.54, 1.807) is 12.3 Å². The molecule has 1 atom stereocenters. The van der Waals surface area contributed by atoms with E-state index in [2.05, 4.69) is 15.4 Å². The molecule has 3 N–H and O–H groups in total. The molecule has 2 rings (SSSR count). The van der Waals surface area contributed by atoms with Gasteiger partial charge < -0.3 is 10.2 Å². The molecule has 14 heavy (non-hydrogen) atoms. The number of hydrogen-bond acceptors (Lipinski definition) is 5. The molecule has 2 heterocycles. The monoisotopic (exact) mass is 194 g/mol. The zero-order valence-corrected chi connectivity index (χ0v) is 8.16. The van der Waals surface area contributed by atoms with Gasteiger partial charge in [0, 0.05) is 18.9 Å². The van der Waals surface area contributed by atoms with Crippen LogP contribution in [-0.2, 0) is 10.3 Å². The van der Waals surface area contributed by atoms with Crippen LogP contribution in [0.25, 0.3) is 0 Å². The van der Waals surface area contributed by atoms with E-state index in [4.69, 9.17) is 10.6 Å². The van der Waals surface area contributed by atoms with Gasteiger partial charge in [-0.25, -0.2) is 15.8 Å². The molecular weight excluding hydrogens is 180 g/mol. The second-order valence-electron chi connectivity index (χ2n) is 3.59. The first-order chi connectivity index (χ1) is 6.74. The number of aromatic nitrogens is 2. The molecule has 76 valence electrons. The molecule has 1 aromatic heterocycles. The Balaban J connectivity index is 2.30. The molecule has 5 heteroatoms. The predicted molar refractivity (Wildman–Crippen MR) is 52.4 cm³/mol. The quantitative estimate of drug-likeness (QED) is 0.538. The number of anilines is 1. The summed E-state index contributed by atoms with van der Waals surface area (Å²) in [5.41, 5.74) is 2.16. The maximum atomic E-state index is 5.63. The SMILES string of the molecule is CC1(c2nccc(NN)n2)CCCO1. The van der Waals surface area contributed by atoms with Crippen molar-refractivity contribution in [1.29, 1.82) is 0 Å². The lowest BCUT2D eigenvalue weighted by molar-refractivity contribution is 0.00943. The Kier molecular flexibility index (Phi) is 2.35. The third-order valence-electron chi connectivity index (χ3n) is 2.50. The van der Waals surface area contributed by atoms with E-state index >= 15 is 0 Å². The fourth-order valence-electron chi connectivity index (χ4n) is 1.65. The predicted octanol–water partition coefficient (Wildman–Crippen LogP) is 0.788. The van der Waals surface area contributed by atoms with Crippen molar-refractivity contribution in [2.24, 2.45) is 5.84 Å². The minimum Gasteiger partial charge on any atom is -0.367 e. The summed E-state index contributed by atoms with van der Waals surface area (Å²) >= 11 is 0. The summed E-state index contributed by atoms with van der Waals surface area (Å²) in [6.07, 6.45) is 3.70. The van der Waals surface area contributed by atoms with E-state index in [1.807, 2.05) is 6.92 Å². The second-order valence-corrected chi connectivity index (χ2v) is 3.59. The second kappa shape index (κ2) is 3.51. The van der Waals surface area contributed by atoms with Crippen LogP contribution in [0.2, 0.25) is 0 Å². The van der Waals surface area contributed by atoms with Gasteiger partial charge in [-0.05, 0) is 19.8 Å². The van der Waals surface area contributed by atoms with Crippen LogP contribution in [0, 0.1) is 0 Å². The van der Waals surface area contributed by atoms with Gasteiger partial charge in [0.25, 0.3) is 0 Å². The molecule has 0 radical (unpaired) electrons. The summed E-state index contributed by atoms with van der Waals surface area (Å²) in [7, 11) is 0. The summed E-state index contributed by atoms with van der Waals surface area (Å²) in [4.78, 5) is 8.48. The van der Waals surface area contributed by atoms with Crippen molar-refractivity contribution in [3.05, 3.63) is 18.1 Å². The molecule has 0 bridgehead atoms. The van der Waals surface area contributed by atoms with Crippen LogP contribution in [0.15, 0.2) is 12.3 Å². The van der Waals surface area contributed by atoms with Crippen LogP contribution in [0.4, 0.5) is 5.82 Å². The van der Waals surface area contributed by atoms with Gasteiger partial charge in [-0.2, -0.15) is 0 Å². The molecule has 0 amide bonds. The van der Waals surface area contributed by atoms with E-state index in [0.717, 1.165) is 19.4 Å². The van der Waals surface area contributed by atoms with Gasteiger partial charge in [0.1, 0.15) is 11.4 Å². The van der Waals surface area contributed by atoms with Crippen molar-refractivity contribution in [3.63, 3.8) is 0 Å².